The minimum atomic E-state index is -3.17. The van der Waals surface area contributed by atoms with Crippen LogP contribution in [0.2, 0.25) is 0 Å². The number of azide groups is 2. The Balaban J connectivity index is 0.000000632. The van der Waals surface area contributed by atoms with Crippen LogP contribution in [0.4, 0.5) is 27.1 Å². The van der Waals surface area contributed by atoms with Gasteiger partial charge < -0.3 is 23.3 Å². The topological polar surface area (TPSA) is 230 Å². The van der Waals surface area contributed by atoms with Gasteiger partial charge in [-0.2, -0.15) is 0 Å². The number of halogens is 1. The van der Waals surface area contributed by atoms with Crippen LogP contribution in [0.1, 0.15) is 11.1 Å². The summed E-state index contributed by atoms with van der Waals surface area (Å²) in [5.74, 6) is 0. The van der Waals surface area contributed by atoms with Crippen molar-refractivity contribution in [1.82, 2.24) is 0 Å². The van der Waals surface area contributed by atoms with Gasteiger partial charge in [0.25, 0.3) is 11.4 Å². The second-order valence-electron chi connectivity index (χ2n) is 9.69. The highest BCUT2D eigenvalue weighted by atomic mass is 19.1. The van der Waals surface area contributed by atoms with Gasteiger partial charge in [0.1, 0.15) is 20.5 Å². The number of rotatable bonds is 8. The van der Waals surface area contributed by atoms with E-state index >= 15 is 0 Å². The third-order valence-electron chi connectivity index (χ3n) is 4.14. The first-order valence-electron chi connectivity index (χ1n) is 10.6. The second kappa shape index (κ2) is 15.1. The summed E-state index contributed by atoms with van der Waals surface area (Å²) in [6.07, 6.45) is 0. The van der Waals surface area contributed by atoms with E-state index < -0.39 is 17.2 Å². The summed E-state index contributed by atoms with van der Waals surface area (Å²) in [5, 5.41) is 45.2. The zero-order valence-electron chi connectivity index (χ0n) is 21.8. The molecule has 0 heterocycles. The summed E-state index contributed by atoms with van der Waals surface area (Å²) in [6, 6.07) is 9.02. The predicted molar refractivity (Wildman–Crippen MR) is 134 cm³/mol. The molecule has 2 rings (SSSR count). The monoisotopic (exact) mass is 534 g/mol. The van der Waals surface area contributed by atoms with E-state index in [1.807, 2.05) is 42.3 Å². The van der Waals surface area contributed by atoms with Crippen LogP contribution in [0.5, 0.6) is 0 Å². The number of hydrogen-bond donors (Lipinski definition) is 0. The van der Waals surface area contributed by atoms with Crippen molar-refractivity contribution in [3.8, 4) is 0 Å². The molecule has 0 fully saturated rings. The van der Waals surface area contributed by atoms with Gasteiger partial charge in [-0.1, -0.05) is 22.4 Å². The van der Waals surface area contributed by atoms with Gasteiger partial charge >= 0.3 is 0 Å². The normalized spacial score (nSPS) is 10.3. The van der Waals surface area contributed by atoms with E-state index in [9.17, 15) is 24.5 Å². The molecule has 0 saturated heterocycles. The van der Waals surface area contributed by atoms with Crippen molar-refractivity contribution in [1.29, 1.82) is 0 Å². The van der Waals surface area contributed by atoms with Crippen LogP contribution in [-0.4, -0.2) is 68.5 Å². The number of nitro groups is 2. The lowest BCUT2D eigenvalue weighted by atomic mass is 10.1. The Morgan fingerprint density at radius 1 is 0.789 bits per heavy atom. The smallest absolute Gasteiger partial charge is 0.278 e. The summed E-state index contributed by atoms with van der Waals surface area (Å²) in [7, 11) is 8.53. The maximum absolute atomic E-state index is 10.9. The first kappa shape index (κ1) is 33.7. The average molecular weight is 534 g/mol. The molecule has 0 spiro atoms. The fourth-order valence-corrected chi connectivity index (χ4v) is 2.96. The molecular formula is C20H28BFN10O6. The van der Waals surface area contributed by atoms with Gasteiger partial charge in [-0.05, 0) is 23.2 Å². The number of nitrogens with zero attached hydrogens (tertiary/aromatic N) is 10. The highest BCUT2D eigenvalue weighted by molar-refractivity contribution is 6.27. The molecule has 0 radical (unpaired) electrons. The Kier molecular flexibility index (Phi) is 13.4. The average Bonchev–Trinajstić information content (AvgIpc) is 2.74. The van der Waals surface area contributed by atoms with Crippen LogP contribution in [0.3, 0.4) is 0 Å². The van der Waals surface area contributed by atoms with E-state index in [1.165, 1.54) is 12.1 Å². The zero-order chi connectivity index (χ0) is 29.7. The first-order valence-corrected chi connectivity index (χ1v) is 10.6. The number of hydrogen-bond acceptors (Lipinski definition) is 8. The molecule has 0 unspecified atom stereocenters. The van der Waals surface area contributed by atoms with Gasteiger partial charge in [0.05, 0.1) is 63.3 Å². The van der Waals surface area contributed by atoms with Crippen molar-refractivity contribution in [3.05, 3.63) is 88.6 Å². The maximum Gasteiger partial charge on any atom is 0.278 e. The molecule has 2 aromatic carbocycles. The largest absolute Gasteiger partial charge is 0.867 e. The van der Waals surface area contributed by atoms with E-state index in [-0.39, 0.29) is 22.7 Å². The van der Waals surface area contributed by atoms with E-state index in [2.05, 4.69) is 20.1 Å². The lowest BCUT2D eigenvalue weighted by Crippen LogP contribution is -2.39. The summed E-state index contributed by atoms with van der Waals surface area (Å²) >= 11 is 0. The SMILES string of the molecule is C[N+](C)(C)Cc1ccc(N=[N+]=[N-])cc1[N+](=O)[O-].C[N+](C)(C)Cc1ccc(N=[N+]=[N-])cc1[N+](=O)[O-].[O-]B([O-])F. The molecule has 0 aliphatic heterocycles. The fraction of sp³-hybridized carbons (Fsp3) is 0.400. The lowest BCUT2D eigenvalue weighted by Gasteiger charge is -2.23. The third kappa shape index (κ3) is 14.3. The summed E-state index contributed by atoms with van der Waals surface area (Å²) in [6.45, 7) is 1.07. The van der Waals surface area contributed by atoms with E-state index in [4.69, 9.17) is 21.1 Å². The van der Waals surface area contributed by atoms with Crippen molar-refractivity contribution in [3.63, 3.8) is 0 Å². The highest BCUT2D eigenvalue weighted by Crippen LogP contribution is 2.28. The van der Waals surface area contributed by atoms with Crippen molar-refractivity contribution in [2.45, 2.75) is 13.1 Å². The summed E-state index contributed by atoms with van der Waals surface area (Å²) < 4.78 is 11.1. The Hall–Kier alpha value is -4.31. The molecule has 0 amide bonds. The molecular weight excluding hydrogens is 506 g/mol. The molecule has 16 nitrogen and oxygen atoms in total. The van der Waals surface area contributed by atoms with Gasteiger partial charge in [0.15, 0.2) is 0 Å². The Morgan fingerprint density at radius 2 is 1.08 bits per heavy atom. The Morgan fingerprint density at radius 3 is 1.29 bits per heavy atom. The van der Waals surface area contributed by atoms with E-state index in [0.29, 0.717) is 33.2 Å². The number of nitro benzene ring substituents is 2. The molecule has 38 heavy (non-hydrogen) atoms. The molecule has 0 bridgehead atoms. The van der Waals surface area contributed by atoms with Gasteiger partial charge in [-0.25, -0.2) is 0 Å². The third-order valence-corrected chi connectivity index (χ3v) is 4.14. The highest BCUT2D eigenvalue weighted by Gasteiger charge is 2.21. The van der Waals surface area contributed by atoms with E-state index in [1.54, 1.807) is 24.3 Å². The quantitative estimate of drug-likeness (QED) is 0.0938. The lowest BCUT2D eigenvalue weighted by molar-refractivity contribution is -0.884. The first-order chi connectivity index (χ1) is 17.4. The fourth-order valence-electron chi connectivity index (χ4n) is 2.96. The van der Waals surface area contributed by atoms with Crippen molar-refractivity contribution in [2.24, 2.45) is 10.2 Å². The van der Waals surface area contributed by atoms with Gasteiger partial charge in [-0.3, -0.25) is 20.2 Å². The molecule has 204 valence electrons. The molecule has 0 saturated carbocycles. The second-order valence-corrected chi connectivity index (χ2v) is 9.69. The summed E-state index contributed by atoms with van der Waals surface area (Å²) in [4.78, 5) is 26.2. The van der Waals surface area contributed by atoms with Crippen LogP contribution >= 0.6 is 0 Å². The van der Waals surface area contributed by atoms with Crippen LogP contribution in [0.25, 0.3) is 20.9 Å². The van der Waals surface area contributed by atoms with Crippen molar-refractivity contribution < 1.29 is 33.2 Å². The Bertz CT molecular complexity index is 1130. The predicted octanol–water partition coefficient (Wildman–Crippen LogP) is 3.15. The van der Waals surface area contributed by atoms with Crippen LogP contribution in [-0.2, 0) is 13.1 Å². The number of benzene rings is 2. The zero-order valence-corrected chi connectivity index (χ0v) is 21.8. The molecule has 0 aliphatic rings. The molecule has 0 atom stereocenters. The van der Waals surface area contributed by atoms with Crippen LogP contribution in [0.15, 0.2) is 46.6 Å². The van der Waals surface area contributed by atoms with Gasteiger partial charge in [0, 0.05) is 33.3 Å². The van der Waals surface area contributed by atoms with Crippen molar-refractivity contribution >= 4 is 30.1 Å². The number of quaternary nitrogens is 2. The molecule has 18 heteroatoms. The van der Waals surface area contributed by atoms with Crippen LogP contribution in [0, 0.1) is 20.2 Å². The Labute approximate surface area is 218 Å². The van der Waals surface area contributed by atoms with Crippen LogP contribution < -0.4 is 10.0 Å². The standard InChI is InChI=1S/2C10H14N5O2.BFO2/c2*1-15(2,3)7-8-4-5-9(12-13-11)6-10(8)14(16)17;2-1(3)4/h2*4-6H,7H2,1-3H3;/q2*+1;-2. The minimum absolute atomic E-state index is 0.0112. The molecule has 0 aliphatic carbocycles. The summed E-state index contributed by atoms with van der Waals surface area (Å²) in [5.41, 5.74) is 18.3. The molecule has 0 N–H and O–H groups in total. The molecule has 0 aromatic heterocycles. The van der Waals surface area contributed by atoms with Gasteiger partial charge in [-0.15, -0.1) is 0 Å². The van der Waals surface area contributed by atoms with Crippen molar-refractivity contribution in [2.75, 3.05) is 42.3 Å². The maximum atomic E-state index is 10.9. The van der Waals surface area contributed by atoms with Gasteiger partial charge in [0.2, 0.25) is 0 Å². The minimum Gasteiger partial charge on any atom is -0.867 e. The van der Waals surface area contributed by atoms with E-state index in [0.717, 1.165) is 0 Å². The molecule has 2 aromatic rings.